The highest BCUT2D eigenvalue weighted by Gasteiger charge is 2.42. The molecule has 5 nitrogen and oxygen atoms in total. The summed E-state index contributed by atoms with van der Waals surface area (Å²) in [5.41, 5.74) is 6.98. The maximum Gasteiger partial charge on any atom is 0.240 e. The lowest BCUT2D eigenvalue weighted by atomic mass is 10.0. The average Bonchev–Trinajstić information content (AvgIpc) is 3.11. The third-order valence-corrected chi connectivity index (χ3v) is 5.19. The number of nitrogen functional groups attached to an aromatic ring is 1. The average molecular weight is 284 g/mol. The van der Waals surface area contributed by atoms with E-state index in [2.05, 4.69) is 4.72 Å². The Morgan fingerprint density at radius 3 is 2.63 bits per heavy atom. The molecule has 1 aromatic carbocycles. The summed E-state index contributed by atoms with van der Waals surface area (Å²) in [6, 6.07) is 4.68. The summed E-state index contributed by atoms with van der Waals surface area (Å²) in [5, 5.41) is 8.96. The fraction of sp³-hybridized carbons (Fsp3) is 0.538. The number of nitrogens with one attached hydrogen (secondary N) is 1. The molecule has 0 atom stereocenters. The van der Waals surface area contributed by atoms with Crippen LogP contribution < -0.4 is 10.5 Å². The highest BCUT2D eigenvalue weighted by Crippen LogP contribution is 2.48. The van der Waals surface area contributed by atoms with Crippen molar-refractivity contribution in [1.29, 1.82) is 0 Å². The van der Waals surface area contributed by atoms with E-state index in [4.69, 9.17) is 10.8 Å². The van der Waals surface area contributed by atoms with Gasteiger partial charge >= 0.3 is 0 Å². The summed E-state index contributed by atoms with van der Waals surface area (Å²) in [6.45, 7) is 2.27. The number of nitrogens with two attached hydrogens (primary N) is 1. The van der Waals surface area contributed by atoms with Crippen molar-refractivity contribution in [3.8, 4) is 0 Å². The van der Waals surface area contributed by atoms with Crippen molar-refractivity contribution in [1.82, 2.24) is 4.72 Å². The Kier molecular flexibility index (Phi) is 3.85. The second-order valence-corrected chi connectivity index (χ2v) is 7.08. The molecule has 0 saturated heterocycles. The molecular formula is C13H20N2O3S. The van der Waals surface area contributed by atoms with Gasteiger partial charge < -0.3 is 10.8 Å². The van der Waals surface area contributed by atoms with Crippen LogP contribution in [0, 0.1) is 12.3 Å². The molecule has 0 unspecified atom stereocenters. The molecule has 1 saturated carbocycles. The largest absolute Gasteiger partial charge is 0.399 e. The molecule has 0 amide bonds. The van der Waals surface area contributed by atoms with Crippen molar-refractivity contribution in [2.24, 2.45) is 5.41 Å². The number of aliphatic hydroxyl groups is 1. The first-order valence-corrected chi connectivity index (χ1v) is 7.84. The van der Waals surface area contributed by atoms with Gasteiger partial charge in [-0.15, -0.1) is 0 Å². The summed E-state index contributed by atoms with van der Waals surface area (Å²) in [6.07, 6.45) is 2.59. The third-order valence-electron chi connectivity index (χ3n) is 3.79. The van der Waals surface area contributed by atoms with E-state index in [1.807, 2.05) is 0 Å². The Bertz CT molecular complexity index is 565. The van der Waals surface area contributed by atoms with Crippen molar-refractivity contribution in [3.63, 3.8) is 0 Å². The summed E-state index contributed by atoms with van der Waals surface area (Å²) in [7, 11) is -3.50. The van der Waals surface area contributed by atoms with Gasteiger partial charge in [0, 0.05) is 18.8 Å². The number of aliphatic hydroxyl groups excluding tert-OH is 1. The highest BCUT2D eigenvalue weighted by atomic mass is 32.2. The smallest absolute Gasteiger partial charge is 0.240 e. The second-order valence-electron chi connectivity index (χ2n) is 5.32. The van der Waals surface area contributed by atoms with Gasteiger partial charge in [0.05, 0.1) is 4.90 Å². The van der Waals surface area contributed by atoms with E-state index < -0.39 is 10.0 Å². The maximum atomic E-state index is 12.2. The number of aryl methyl sites for hydroxylation is 1. The van der Waals surface area contributed by atoms with Crippen LogP contribution >= 0.6 is 0 Å². The highest BCUT2D eigenvalue weighted by molar-refractivity contribution is 7.89. The number of hydrogen-bond acceptors (Lipinski definition) is 4. The van der Waals surface area contributed by atoms with E-state index in [0.29, 0.717) is 18.7 Å². The first-order valence-electron chi connectivity index (χ1n) is 6.35. The van der Waals surface area contributed by atoms with Gasteiger partial charge in [0.2, 0.25) is 10.0 Å². The van der Waals surface area contributed by atoms with Crippen LogP contribution in [-0.4, -0.2) is 26.7 Å². The molecule has 0 aliphatic heterocycles. The molecule has 4 N–H and O–H groups in total. The minimum Gasteiger partial charge on any atom is -0.399 e. The van der Waals surface area contributed by atoms with Crippen LogP contribution in [0.25, 0.3) is 0 Å². The van der Waals surface area contributed by atoms with E-state index in [9.17, 15) is 8.42 Å². The quantitative estimate of drug-likeness (QED) is 0.680. The molecule has 2 rings (SSSR count). The first kappa shape index (κ1) is 14.3. The van der Waals surface area contributed by atoms with Gasteiger partial charge in [-0.1, -0.05) is 0 Å². The van der Waals surface area contributed by atoms with Gasteiger partial charge in [-0.2, -0.15) is 0 Å². The third kappa shape index (κ3) is 3.26. The molecule has 1 aromatic rings. The van der Waals surface area contributed by atoms with Crippen LogP contribution in [0.5, 0.6) is 0 Å². The molecule has 6 heteroatoms. The molecule has 0 heterocycles. The Morgan fingerprint density at radius 2 is 2.11 bits per heavy atom. The monoisotopic (exact) mass is 284 g/mol. The second kappa shape index (κ2) is 5.11. The summed E-state index contributed by atoms with van der Waals surface area (Å²) in [5.74, 6) is 0. The number of rotatable bonds is 6. The van der Waals surface area contributed by atoms with E-state index in [0.717, 1.165) is 18.4 Å². The first-order chi connectivity index (χ1) is 8.88. The van der Waals surface area contributed by atoms with Gasteiger partial charge in [-0.3, -0.25) is 0 Å². The fourth-order valence-corrected chi connectivity index (χ4v) is 3.32. The van der Waals surface area contributed by atoms with Gasteiger partial charge in [-0.25, -0.2) is 13.1 Å². The van der Waals surface area contributed by atoms with Crippen LogP contribution in [-0.2, 0) is 10.0 Å². The van der Waals surface area contributed by atoms with Crippen molar-refractivity contribution >= 4 is 15.7 Å². The fourth-order valence-electron chi connectivity index (χ4n) is 2.08. The molecule has 1 fully saturated rings. The lowest BCUT2D eigenvalue weighted by Crippen LogP contribution is -2.30. The SMILES string of the molecule is Cc1cc(S(=O)(=O)NCC2(CCO)CC2)ccc1N. The lowest BCUT2D eigenvalue weighted by molar-refractivity contribution is 0.249. The Labute approximate surface area is 113 Å². The molecule has 19 heavy (non-hydrogen) atoms. The minimum absolute atomic E-state index is 0.0370. The van der Waals surface area contributed by atoms with Crippen LogP contribution in [0.3, 0.4) is 0 Å². The lowest BCUT2D eigenvalue weighted by Gasteiger charge is -2.15. The van der Waals surface area contributed by atoms with Gasteiger partial charge in [0.15, 0.2) is 0 Å². The van der Waals surface area contributed by atoms with Crippen molar-refractivity contribution in [2.45, 2.75) is 31.1 Å². The van der Waals surface area contributed by atoms with Crippen molar-refractivity contribution < 1.29 is 13.5 Å². The number of hydrogen-bond donors (Lipinski definition) is 3. The summed E-state index contributed by atoms with van der Waals surface area (Å²) < 4.78 is 26.9. The van der Waals surface area contributed by atoms with E-state index in [-0.39, 0.29) is 16.9 Å². The zero-order valence-corrected chi connectivity index (χ0v) is 11.8. The zero-order valence-electron chi connectivity index (χ0n) is 11.0. The van der Waals surface area contributed by atoms with Gasteiger partial charge in [0.25, 0.3) is 0 Å². The molecule has 1 aliphatic rings. The molecule has 106 valence electrons. The van der Waals surface area contributed by atoms with E-state index in [1.54, 1.807) is 19.1 Å². The predicted octanol–water partition coefficient (Wildman–Crippen LogP) is 1.02. The maximum absolute atomic E-state index is 12.2. The number of benzene rings is 1. The normalized spacial score (nSPS) is 17.4. The van der Waals surface area contributed by atoms with Crippen molar-refractivity contribution in [2.75, 3.05) is 18.9 Å². The Balaban J connectivity index is 2.08. The number of anilines is 1. The number of sulfonamides is 1. The van der Waals surface area contributed by atoms with Crippen LogP contribution in [0.2, 0.25) is 0 Å². The Morgan fingerprint density at radius 1 is 1.42 bits per heavy atom. The zero-order chi connectivity index (χ0) is 14.1. The topological polar surface area (TPSA) is 92.4 Å². The molecule has 0 spiro atoms. The predicted molar refractivity (Wildman–Crippen MR) is 74.1 cm³/mol. The van der Waals surface area contributed by atoms with Crippen LogP contribution in [0.1, 0.15) is 24.8 Å². The summed E-state index contributed by atoms with van der Waals surface area (Å²) in [4.78, 5) is 0.235. The molecule has 0 aromatic heterocycles. The standard InChI is InChI=1S/C13H20N2O3S/c1-10-8-11(2-3-12(10)14)19(17,18)15-9-13(4-5-13)6-7-16/h2-3,8,15-16H,4-7,9,14H2,1H3. The minimum atomic E-state index is -3.50. The molecule has 1 aliphatic carbocycles. The van der Waals surface area contributed by atoms with Crippen molar-refractivity contribution in [3.05, 3.63) is 23.8 Å². The van der Waals surface area contributed by atoms with Crippen LogP contribution in [0.15, 0.2) is 23.1 Å². The molecule has 0 bridgehead atoms. The van der Waals surface area contributed by atoms with Gasteiger partial charge in [0.1, 0.15) is 0 Å². The van der Waals surface area contributed by atoms with Gasteiger partial charge in [-0.05, 0) is 55.4 Å². The molecule has 0 radical (unpaired) electrons. The van der Waals surface area contributed by atoms with E-state index >= 15 is 0 Å². The summed E-state index contributed by atoms with van der Waals surface area (Å²) >= 11 is 0. The molecular weight excluding hydrogens is 264 g/mol. The van der Waals surface area contributed by atoms with E-state index in [1.165, 1.54) is 6.07 Å². The Hall–Kier alpha value is -1.11. The van der Waals surface area contributed by atoms with Crippen LogP contribution in [0.4, 0.5) is 5.69 Å².